The van der Waals surface area contributed by atoms with Crippen LogP contribution in [-0.4, -0.2) is 31.4 Å². The third-order valence-electron chi connectivity index (χ3n) is 5.98. The molecule has 1 fully saturated rings. The van der Waals surface area contributed by atoms with Crippen LogP contribution >= 0.6 is 23.1 Å². The van der Waals surface area contributed by atoms with Gasteiger partial charge < -0.3 is 9.88 Å². The Kier molecular flexibility index (Phi) is 7.97. The summed E-state index contributed by atoms with van der Waals surface area (Å²) in [5.74, 6) is 2.61. The largest absolute Gasteiger partial charge is 0.345 e. The summed E-state index contributed by atoms with van der Waals surface area (Å²) in [6, 6.07) is 9.97. The fourth-order valence-corrected chi connectivity index (χ4v) is 5.97. The number of aryl methyl sites for hydroxylation is 1. The minimum absolute atomic E-state index is 0.0457. The Morgan fingerprint density at radius 3 is 2.72 bits per heavy atom. The van der Waals surface area contributed by atoms with Crippen LogP contribution < -0.4 is 5.32 Å². The molecule has 3 aromatic rings. The molecular weight excluding hydrogens is 438 g/mol. The molecule has 0 aliphatic heterocycles. The van der Waals surface area contributed by atoms with E-state index in [-0.39, 0.29) is 18.4 Å². The van der Waals surface area contributed by atoms with Crippen LogP contribution in [-0.2, 0) is 24.7 Å². The number of benzene rings is 1. The van der Waals surface area contributed by atoms with Crippen molar-refractivity contribution in [3.63, 3.8) is 0 Å². The summed E-state index contributed by atoms with van der Waals surface area (Å²) >= 11 is 3.36. The van der Waals surface area contributed by atoms with E-state index in [9.17, 15) is 4.79 Å². The monoisotopic (exact) mass is 469 g/mol. The van der Waals surface area contributed by atoms with Crippen molar-refractivity contribution in [3.05, 3.63) is 57.8 Å². The van der Waals surface area contributed by atoms with Gasteiger partial charge in [0, 0.05) is 18.2 Å². The van der Waals surface area contributed by atoms with Crippen LogP contribution in [0.2, 0.25) is 0 Å². The van der Waals surface area contributed by atoms with E-state index in [1.165, 1.54) is 32.1 Å². The maximum absolute atomic E-state index is 12.8. The first kappa shape index (κ1) is 23.0. The molecule has 170 valence electrons. The van der Waals surface area contributed by atoms with Gasteiger partial charge in [0.15, 0.2) is 11.0 Å². The summed E-state index contributed by atoms with van der Waals surface area (Å²) < 4.78 is 2.05. The number of thiazole rings is 1. The second-order valence-electron chi connectivity index (χ2n) is 8.56. The quantitative estimate of drug-likeness (QED) is 0.452. The zero-order valence-electron chi connectivity index (χ0n) is 18.8. The Morgan fingerprint density at radius 2 is 2.00 bits per heavy atom. The molecule has 6 nitrogen and oxygen atoms in total. The normalized spacial score (nSPS) is 15.6. The van der Waals surface area contributed by atoms with Crippen LogP contribution in [0.5, 0.6) is 0 Å². The predicted molar refractivity (Wildman–Crippen MR) is 130 cm³/mol. The van der Waals surface area contributed by atoms with Gasteiger partial charge in [0.25, 0.3) is 0 Å². The summed E-state index contributed by atoms with van der Waals surface area (Å²) in [4.78, 5) is 17.3. The van der Waals surface area contributed by atoms with Crippen molar-refractivity contribution in [2.24, 2.45) is 13.0 Å². The molecule has 1 aromatic carbocycles. The topological polar surface area (TPSA) is 72.7 Å². The number of nitrogens with one attached hydrogen (secondary N) is 1. The fraction of sp³-hybridized carbons (Fsp3) is 0.500. The molecule has 1 saturated carbocycles. The van der Waals surface area contributed by atoms with Crippen LogP contribution in [0.4, 0.5) is 0 Å². The summed E-state index contributed by atoms with van der Waals surface area (Å²) in [6.07, 6.45) is 7.65. The van der Waals surface area contributed by atoms with E-state index in [2.05, 4.69) is 32.6 Å². The number of aromatic nitrogens is 4. The SMILES string of the molecule is Cc1nc(CC(=O)N[C@@H](Cc2ccccc2)c2nnc(SCC3CCCCC3)n2C)cs1. The highest BCUT2D eigenvalue weighted by Gasteiger charge is 2.23. The molecule has 1 atom stereocenters. The van der Waals surface area contributed by atoms with Crippen molar-refractivity contribution in [1.29, 1.82) is 0 Å². The Labute approximate surface area is 198 Å². The molecule has 2 heterocycles. The molecular formula is C24H31N5OS2. The summed E-state index contributed by atoms with van der Waals surface area (Å²) in [6.45, 7) is 1.95. The third-order valence-corrected chi connectivity index (χ3v) is 8.05. The minimum Gasteiger partial charge on any atom is -0.345 e. The molecule has 8 heteroatoms. The lowest BCUT2D eigenvalue weighted by Gasteiger charge is -2.21. The van der Waals surface area contributed by atoms with Crippen molar-refractivity contribution < 1.29 is 4.79 Å². The molecule has 4 rings (SSSR count). The number of carbonyl (C=O) groups is 1. The minimum atomic E-state index is -0.244. The fourth-order valence-electron chi connectivity index (χ4n) is 4.26. The molecule has 1 amide bonds. The number of hydrogen-bond acceptors (Lipinski definition) is 6. The second kappa shape index (κ2) is 11.1. The standard InChI is InChI=1S/C24H31N5OS2/c1-17-25-20(16-31-17)14-22(30)26-21(13-18-9-5-3-6-10-18)23-27-28-24(29(23)2)32-15-19-11-7-4-8-12-19/h3,5-6,9-10,16,19,21H,4,7-8,11-15H2,1-2H3,(H,26,30)/t21-/m0/s1. The van der Waals surface area contributed by atoms with Crippen molar-refractivity contribution in [2.45, 2.75) is 63.1 Å². The van der Waals surface area contributed by atoms with Gasteiger partial charge in [0.1, 0.15) is 0 Å². The number of amides is 1. The van der Waals surface area contributed by atoms with E-state index in [0.29, 0.717) is 6.42 Å². The average Bonchev–Trinajstić information content (AvgIpc) is 3.38. The number of thioether (sulfide) groups is 1. The second-order valence-corrected chi connectivity index (χ2v) is 10.6. The van der Waals surface area contributed by atoms with Gasteiger partial charge in [-0.05, 0) is 37.7 Å². The van der Waals surface area contributed by atoms with E-state index in [1.807, 2.05) is 42.1 Å². The molecule has 0 saturated heterocycles. The molecule has 1 aliphatic rings. The molecule has 0 unspecified atom stereocenters. The van der Waals surface area contributed by atoms with Crippen LogP contribution in [0.1, 0.15) is 60.2 Å². The van der Waals surface area contributed by atoms with Gasteiger partial charge >= 0.3 is 0 Å². The zero-order chi connectivity index (χ0) is 22.3. The first-order valence-electron chi connectivity index (χ1n) is 11.3. The summed E-state index contributed by atoms with van der Waals surface area (Å²) in [7, 11) is 2.01. The molecule has 32 heavy (non-hydrogen) atoms. The maximum atomic E-state index is 12.8. The Hall–Kier alpha value is -2.19. The average molecular weight is 470 g/mol. The molecule has 1 aliphatic carbocycles. The number of hydrogen-bond donors (Lipinski definition) is 1. The first-order valence-corrected chi connectivity index (χ1v) is 13.2. The van der Waals surface area contributed by atoms with Gasteiger partial charge in [-0.15, -0.1) is 21.5 Å². The smallest absolute Gasteiger partial charge is 0.226 e. The van der Waals surface area contributed by atoms with E-state index in [4.69, 9.17) is 0 Å². The van der Waals surface area contributed by atoms with E-state index < -0.39 is 0 Å². The highest BCUT2D eigenvalue weighted by atomic mass is 32.2. The maximum Gasteiger partial charge on any atom is 0.226 e. The summed E-state index contributed by atoms with van der Waals surface area (Å²) in [5.41, 5.74) is 1.96. The van der Waals surface area contributed by atoms with Gasteiger partial charge in [-0.3, -0.25) is 4.79 Å². The Morgan fingerprint density at radius 1 is 1.22 bits per heavy atom. The number of carbonyl (C=O) groups excluding carboxylic acids is 1. The lowest BCUT2D eigenvalue weighted by molar-refractivity contribution is -0.121. The molecule has 0 bridgehead atoms. The van der Waals surface area contributed by atoms with E-state index in [0.717, 1.165) is 38.9 Å². The Balaban J connectivity index is 1.47. The highest BCUT2D eigenvalue weighted by molar-refractivity contribution is 7.99. The summed E-state index contributed by atoms with van der Waals surface area (Å²) in [5, 5.41) is 16.0. The zero-order valence-corrected chi connectivity index (χ0v) is 20.4. The Bertz CT molecular complexity index is 1010. The molecule has 1 N–H and O–H groups in total. The number of rotatable bonds is 9. The van der Waals surface area contributed by atoms with Gasteiger partial charge in [0.05, 0.1) is 23.2 Å². The predicted octanol–water partition coefficient (Wildman–Crippen LogP) is 4.90. The van der Waals surface area contributed by atoms with E-state index >= 15 is 0 Å². The molecule has 0 radical (unpaired) electrons. The number of nitrogens with zero attached hydrogens (tertiary/aromatic N) is 4. The molecule has 0 spiro atoms. The van der Waals surface area contributed by atoms with Crippen molar-refractivity contribution in [3.8, 4) is 0 Å². The third kappa shape index (κ3) is 6.19. The van der Waals surface area contributed by atoms with Crippen molar-refractivity contribution in [1.82, 2.24) is 25.1 Å². The van der Waals surface area contributed by atoms with Crippen LogP contribution in [0.25, 0.3) is 0 Å². The van der Waals surface area contributed by atoms with Crippen LogP contribution in [0, 0.1) is 12.8 Å². The van der Waals surface area contributed by atoms with Gasteiger partial charge in [0.2, 0.25) is 5.91 Å². The van der Waals surface area contributed by atoms with E-state index in [1.54, 1.807) is 23.1 Å². The lowest BCUT2D eigenvalue weighted by atomic mass is 9.91. The van der Waals surface area contributed by atoms with Crippen LogP contribution in [0.3, 0.4) is 0 Å². The van der Waals surface area contributed by atoms with Gasteiger partial charge in [-0.1, -0.05) is 61.4 Å². The van der Waals surface area contributed by atoms with Crippen LogP contribution in [0.15, 0.2) is 40.9 Å². The van der Waals surface area contributed by atoms with Crippen molar-refractivity contribution >= 4 is 29.0 Å². The van der Waals surface area contributed by atoms with Gasteiger partial charge in [-0.2, -0.15) is 0 Å². The highest BCUT2D eigenvalue weighted by Crippen LogP contribution is 2.30. The lowest BCUT2D eigenvalue weighted by Crippen LogP contribution is -2.33. The first-order chi connectivity index (χ1) is 15.6. The van der Waals surface area contributed by atoms with Crippen molar-refractivity contribution in [2.75, 3.05) is 5.75 Å². The molecule has 2 aromatic heterocycles. The van der Waals surface area contributed by atoms with Gasteiger partial charge in [-0.25, -0.2) is 4.98 Å².